The molecule has 5 heteroatoms. The average Bonchev–Trinajstić information content (AvgIpc) is 2.90. The number of anilines is 1. The Hall–Kier alpha value is -1.91. The molecule has 1 atom stereocenters. The lowest BCUT2D eigenvalue weighted by atomic mass is 10.0. The number of aromatic nitrogens is 4. The van der Waals surface area contributed by atoms with Crippen LogP contribution in [0.2, 0.25) is 0 Å². The standard InChI is InChI=1S/C16H25N5/c1-11(2)6-5-7-13(4)21-16(18-19-20-21)14-8-9-15(17)12(3)10-14/h8-11,13H,5-7,17H2,1-4H3. The fourth-order valence-corrected chi connectivity index (χ4v) is 2.44. The lowest BCUT2D eigenvalue weighted by Crippen LogP contribution is -2.09. The minimum atomic E-state index is 0.298. The summed E-state index contributed by atoms with van der Waals surface area (Å²) in [5.74, 6) is 1.56. The normalized spacial score (nSPS) is 12.8. The van der Waals surface area contributed by atoms with Gasteiger partial charge >= 0.3 is 0 Å². The van der Waals surface area contributed by atoms with Crippen molar-refractivity contribution in [2.24, 2.45) is 5.92 Å². The summed E-state index contributed by atoms with van der Waals surface area (Å²) in [5, 5.41) is 12.2. The Bertz CT molecular complexity index is 588. The summed E-state index contributed by atoms with van der Waals surface area (Å²) in [7, 11) is 0. The van der Waals surface area contributed by atoms with Crippen LogP contribution < -0.4 is 5.73 Å². The minimum Gasteiger partial charge on any atom is -0.399 e. The molecule has 0 aliphatic carbocycles. The number of benzene rings is 1. The van der Waals surface area contributed by atoms with Crippen molar-refractivity contribution in [2.45, 2.75) is 53.0 Å². The Morgan fingerprint density at radius 1 is 1.19 bits per heavy atom. The van der Waals surface area contributed by atoms with Crippen LogP contribution in [-0.4, -0.2) is 20.2 Å². The van der Waals surface area contributed by atoms with Gasteiger partial charge in [0.25, 0.3) is 0 Å². The molecule has 114 valence electrons. The van der Waals surface area contributed by atoms with Crippen LogP contribution in [-0.2, 0) is 0 Å². The van der Waals surface area contributed by atoms with Crippen LogP contribution in [0.5, 0.6) is 0 Å². The summed E-state index contributed by atoms with van der Waals surface area (Å²) in [5.41, 5.74) is 8.74. The fourth-order valence-electron chi connectivity index (χ4n) is 2.44. The summed E-state index contributed by atoms with van der Waals surface area (Å²) in [4.78, 5) is 0. The third kappa shape index (κ3) is 3.80. The number of nitrogens with two attached hydrogens (primary N) is 1. The van der Waals surface area contributed by atoms with Crippen molar-refractivity contribution in [1.82, 2.24) is 20.2 Å². The number of nitrogen functional groups attached to an aromatic ring is 1. The zero-order chi connectivity index (χ0) is 15.4. The lowest BCUT2D eigenvalue weighted by Gasteiger charge is -2.14. The highest BCUT2D eigenvalue weighted by Crippen LogP contribution is 2.25. The van der Waals surface area contributed by atoms with E-state index in [4.69, 9.17) is 5.73 Å². The van der Waals surface area contributed by atoms with Crippen LogP contribution in [0.1, 0.15) is 51.6 Å². The van der Waals surface area contributed by atoms with Crippen molar-refractivity contribution < 1.29 is 0 Å². The van der Waals surface area contributed by atoms with E-state index in [1.165, 1.54) is 12.8 Å². The molecule has 0 fully saturated rings. The molecule has 1 aromatic heterocycles. The van der Waals surface area contributed by atoms with E-state index < -0.39 is 0 Å². The van der Waals surface area contributed by atoms with Gasteiger partial charge < -0.3 is 5.73 Å². The zero-order valence-corrected chi connectivity index (χ0v) is 13.4. The van der Waals surface area contributed by atoms with Crippen LogP contribution in [0, 0.1) is 12.8 Å². The average molecular weight is 287 g/mol. The van der Waals surface area contributed by atoms with Gasteiger partial charge in [0.1, 0.15) is 0 Å². The summed E-state index contributed by atoms with van der Waals surface area (Å²) in [6.07, 6.45) is 3.52. The van der Waals surface area contributed by atoms with E-state index in [1.807, 2.05) is 29.8 Å². The van der Waals surface area contributed by atoms with E-state index in [0.717, 1.165) is 35.0 Å². The molecule has 0 bridgehead atoms. The Balaban J connectivity index is 2.15. The van der Waals surface area contributed by atoms with Gasteiger partial charge in [0.05, 0.1) is 6.04 Å². The largest absolute Gasteiger partial charge is 0.399 e. The van der Waals surface area contributed by atoms with E-state index in [-0.39, 0.29) is 0 Å². The predicted octanol–water partition coefficient (Wildman–Crippen LogP) is 3.62. The molecule has 2 N–H and O–H groups in total. The Morgan fingerprint density at radius 3 is 2.62 bits per heavy atom. The second kappa shape index (κ2) is 6.70. The first-order valence-electron chi connectivity index (χ1n) is 7.63. The molecule has 1 heterocycles. The van der Waals surface area contributed by atoms with Crippen molar-refractivity contribution in [2.75, 3.05) is 5.73 Å². The third-order valence-corrected chi connectivity index (χ3v) is 3.84. The third-order valence-electron chi connectivity index (χ3n) is 3.84. The van der Waals surface area contributed by atoms with Gasteiger partial charge in [-0.25, -0.2) is 4.68 Å². The number of nitrogens with zero attached hydrogens (tertiary/aromatic N) is 4. The first-order chi connectivity index (χ1) is 9.99. The molecule has 0 aliphatic heterocycles. The Labute approximate surface area is 126 Å². The highest BCUT2D eigenvalue weighted by molar-refractivity contribution is 5.61. The maximum Gasteiger partial charge on any atom is 0.182 e. The number of aryl methyl sites for hydroxylation is 1. The van der Waals surface area contributed by atoms with Crippen molar-refractivity contribution in [3.63, 3.8) is 0 Å². The fraction of sp³-hybridized carbons (Fsp3) is 0.562. The van der Waals surface area contributed by atoms with E-state index in [0.29, 0.717) is 6.04 Å². The van der Waals surface area contributed by atoms with Crippen LogP contribution in [0.4, 0.5) is 5.69 Å². The quantitative estimate of drug-likeness (QED) is 0.824. The molecule has 1 aromatic carbocycles. The lowest BCUT2D eigenvalue weighted by molar-refractivity contribution is 0.414. The molecule has 0 radical (unpaired) electrons. The van der Waals surface area contributed by atoms with Crippen LogP contribution in [0.25, 0.3) is 11.4 Å². The van der Waals surface area contributed by atoms with Crippen LogP contribution >= 0.6 is 0 Å². The molecule has 1 unspecified atom stereocenters. The molecular weight excluding hydrogens is 262 g/mol. The van der Waals surface area contributed by atoms with Crippen molar-refractivity contribution in [3.05, 3.63) is 23.8 Å². The highest BCUT2D eigenvalue weighted by Gasteiger charge is 2.15. The van der Waals surface area contributed by atoms with Crippen molar-refractivity contribution in [3.8, 4) is 11.4 Å². The van der Waals surface area contributed by atoms with Gasteiger partial charge in [-0.05, 0) is 60.4 Å². The van der Waals surface area contributed by atoms with E-state index in [1.54, 1.807) is 0 Å². The van der Waals surface area contributed by atoms with Crippen molar-refractivity contribution >= 4 is 5.69 Å². The number of rotatable bonds is 6. The maximum atomic E-state index is 5.88. The van der Waals surface area contributed by atoms with Crippen LogP contribution in [0.3, 0.4) is 0 Å². The number of hydrogen-bond donors (Lipinski definition) is 1. The molecule has 2 rings (SSSR count). The van der Waals surface area contributed by atoms with E-state index in [9.17, 15) is 0 Å². The first-order valence-corrected chi connectivity index (χ1v) is 7.63. The molecule has 0 amide bonds. The summed E-state index contributed by atoms with van der Waals surface area (Å²) >= 11 is 0. The summed E-state index contributed by atoms with van der Waals surface area (Å²) < 4.78 is 1.92. The summed E-state index contributed by atoms with van der Waals surface area (Å²) in [6.45, 7) is 8.68. The van der Waals surface area contributed by atoms with Crippen LogP contribution in [0.15, 0.2) is 18.2 Å². The van der Waals surface area contributed by atoms with Crippen molar-refractivity contribution in [1.29, 1.82) is 0 Å². The van der Waals surface area contributed by atoms with Gasteiger partial charge in [-0.15, -0.1) is 5.10 Å². The van der Waals surface area contributed by atoms with Gasteiger partial charge in [0.15, 0.2) is 5.82 Å². The molecule has 2 aromatic rings. The smallest absolute Gasteiger partial charge is 0.182 e. The molecular formula is C16H25N5. The number of tetrazole rings is 1. The van der Waals surface area contributed by atoms with E-state index >= 15 is 0 Å². The number of hydrogen-bond acceptors (Lipinski definition) is 4. The Morgan fingerprint density at radius 2 is 1.95 bits per heavy atom. The molecule has 0 spiro atoms. The molecule has 5 nitrogen and oxygen atoms in total. The molecule has 0 aliphatic rings. The maximum absolute atomic E-state index is 5.88. The monoisotopic (exact) mass is 287 g/mol. The molecule has 21 heavy (non-hydrogen) atoms. The first kappa shape index (κ1) is 15.5. The topological polar surface area (TPSA) is 69.6 Å². The minimum absolute atomic E-state index is 0.298. The van der Waals surface area contributed by atoms with Gasteiger partial charge in [0.2, 0.25) is 0 Å². The highest BCUT2D eigenvalue weighted by atomic mass is 15.5. The van der Waals surface area contributed by atoms with E-state index in [2.05, 4.69) is 36.3 Å². The zero-order valence-electron chi connectivity index (χ0n) is 13.4. The molecule has 0 saturated carbocycles. The van der Waals surface area contributed by atoms with Gasteiger partial charge in [-0.2, -0.15) is 0 Å². The Kier molecular flexibility index (Phi) is 4.94. The molecule has 0 saturated heterocycles. The second-order valence-corrected chi connectivity index (χ2v) is 6.19. The predicted molar refractivity (Wildman–Crippen MR) is 85.8 cm³/mol. The SMILES string of the molecule is Cc1cc(-c2nnnn2C(C)CCCC(C)C)ccc1N. The van der Waals surface area contributed by atoms with Gasteiger partial charge in [-0.1, -0.05) is 26.7 Å². The summed E-state index contributed by atoms with van der Waals surface area (Å²) in [6, 6.07) is 6.23. The van der Waals surface area contributed by atoms with Gasteiger partial charge in [0, 0.05) is 11.3 Å². The van der Waals surface area contributed by atoms with Gasteiger partial charge in [-0.3, -0.25) is 0 Å². The second-order valence-electron chi connectivity index (χ2n) is 6.19.